The maximum Gasteiger partial charge on any atom is 0.303 e. The number of carbonyl (C=O) groups is 1. The van der Waals surface area contributed by atoms with Crippen LogP contribution in [0.4, 0.5) is 0 Å². The van der Waals surface area contributed by atoms with Crippen molar-refractivity contribution in [3.05, 3.63) is 36.5 Å². The van der Waals surface area contributed by atoms with Crippen LogP contribution in [0.2, 0.25) is 0 Å². The Kier molecular flexibility index (Phi) is 17.7. The summed E-state index contributed by atoms with van der Waals surface area (Å²) in [4.78, 5) is 10.5. The number of allylic oxidation sites excluding steroid dienone is 5. The smallest absolute Gasteiger partial charge is 0.303 e. The van der Waals surface area contributed by atoms with Gasteiger partial charge in [0.15, 0.2) is 12.6 Å². The van der Waals surface area contributed by atoms with Gasteiger partial charge in [0.05, 0.1) is 19.3 Å². The van der Waals surface area contributed by atoms with Crippen LogP contribution in [0.1, 0.15) is 64.7 Å². The first kappa shape index (κ1) is 37.4. The second-order valence-electron chi connectivity index (χ2n) is 10.9. The van der Waals surface area contributed by atoms with Gasteiger partial charge in [-0.2, -0.15) is 0 Å². The molecule has 0 saturated carbocycles. The molecule has 43 heavy (non-hydrogen) atoms. The van der Waals surface area contributed by atoms with Crippen LogP contribution >= 0.6 is 0 Å². The number of rotatable bonds is 19. The molecule has 8 N–H and O–H groups in total. The fourth-order valence-corrected chi connectivity index (χ4v) is 4.80. The van der Waals surface area contributed by atoms with Crippen molar-refractivity contribution in [3.8, 4) is 0 Å². The van der Waals surface area contributed by atoms with Crippen molar-refractivity contribution in [1.82, 2.24) is 0 Å². The minimum Gasteiger partial charge on any atom is -0.481 e. The molecule has 13 nitrogen and oxygen atoms in total. The Morgan fingerprint density at radius 3 is 1.93 bits per heavy atom. The average Bonchev–Trinajstić information content (AvgIpc) is 2.98. The summed E-state index contributed by atoms with van der Waals surface area (Å²) in [6.45, 7) is 0.437. The quantitative estimate of drug-likeness (QED) is 0.0722. The summed E-state index contributed by atoms with van der Waals surface area (Å²) in [5.74, 6) is -0.737. The molecule has 0 aromatic heterocycles. The standard InChI is InChI=1S/C30H50O13/c1-19(15-13-11-9-7-5-3-2-4-6-8-10-12-14-16-22(33)34)40-30-28(26(38)24(36)21(18-32)42-30)43-29-27(39)25(37)23(35)20(17-31)41-29/h2-3,7,9,13,15,19-21,23-32,35-39H,4-6,8,10-12,14,16-18H2,1H3,(H,33,34)/t19-,20+,21+,23+,24+,25-,26-,27+,28+,29-,30+/m0/s1. The first-order valence-corrected chi connectivity index (χ1v) is 15.0. The van der Waals surface area contributed by atoms with Gasteiger partial charge in [0, 0.05) is 6.42 Å². The third-order valence-electron chi connectivity index (χ3n) is 7.36. The number of aliphatic hydroxyl groups is 7. The highest BCUT2D eigenvalue weighted by molar-refractivity contribution is 5.66. The third kappa shape index (κ3) is 12.6. The number of unbranched alkanes of at least 4 members (excludes halogenated alkanes) is 5. The van der Waals surface area contributed by atoms with Gasteiger partial charge in [-0.15, -0.1) is 0 Å². The van der Waals surface area contributed by atoms with Crippen molar-refractivity contribution in [2.75, 3.05) is 13.2 Å². The summed E-state index contributed by atoms with van der Waals surface area (Å²) in [5, 5.41) is 79.1. The molecular weight excluding hydrogens is 568 g/mol. The Hall–Kier alpha value is -1.75. The normalized spacial score (nSPS) is 34.4. The summed E-state index contributed by atoms with van der Waals surface area (Å²) >= 11 is 0. The van der Waals surface area contributed by atoms with Crippen LogP contribution in [-0.2, 0) is 23.7 Å². The van der Waals surface area contributed by atoms with Crippen molar-refractivity contribution in [3.63, 3.8) is 0 Å². The SMILES string of the molecule is C[C@@H](C=CCC=CCC=CCCCCCCCC(=O)O)O[C@@H]1O[C@H](CO)[C@@H](O)[C@H](O)[C@H]1O[C@@H]1O[C@H](CO)[C@@H](O)[C@H](O)[C@H]1O. The minimum absolute atomic E-state index is 0.242. The van der Waals surface area contributed by atoms with Crippen molar-refractivity contribution in [1.29, 1.82) is 0 Å². The van der Waals surface area contributed by atoms with E-state index in [1.54, 1.807) is 13.0 Å². The second kappa shape index (κ2) is 20.3. The van der Waals surface area contributed by atoms with E-state index in [9.17, 15) is 40.5 Å². The van der Waals surface area contributed by atoms with E-state index < -0.39 is 86.7 Å². The van der Waals surface area contributed by atoms with Crippen LogP contribution in [0.5, 0.6) is 0 Å². The number of aliphatic hydroxyl groups excluding tert-OH is 7. The number of carboxylic acids is 1. The van der Waals surface area contributed by atoms with Gasteiger partial charge >= 0.3 is 5.97 Å². The van der Waals surface area contributed by atoms with Crippen LogP contribution < -0.4 is 0 Å². The topological polar surface area (TPSA) is 216 Å². The van der Waals surface area contributed by atoms with Gasteiger partial charge in [0.25, 0.3) is 0 Å². The second-order valence-corrected chi connectivity index (χ2v) is 10.9. The van der Waals surface area contributed by atoms with Gasteiger partial charge in [0.2, 0.25) is 0 Å². The summed E-state index contributed by atoms with van der Waals surface area (Å²) in [6.07, 6.45) is 4.01. The monoisotopic (exact) mass is 618 g/mol. The molecule has 0 amide bonds. The fourth-order valence-electron chi connectivity index (χ4n) is 4.80. The van der Waals surface area contributed by atoms with Crippen molar-refractivity contribution in [2.24, 2.45) is 0 Å². The molecule has 0 radical (unpaired) electrons. The third-order valence-corrected chi connectivity index (χ3v) is 7.36. The minimum atomic E-state index is -1.74. The lowest BCUT2D eigenvalue weighted by atomic mass is 9.97. The number of aliphatic carboxylic acids is 1. The zero-order chi connectivity index (χ0) is 31.8. The van der Waals surface area contributed by atoms with E-state index in [1.807, 2.05) is 18.2 Å². The van der Waals surface area contributed by atoms with Crippen molar-refractivity contribution >= 4 is 5.97 Å². The summed E-state index contributed by atoms with van der Waals surface area (Å²) < 4.78 is 22.5. The van der Waals surface area contributed by atoms with E-state index in [1.165, 1.54) is 0 Å². The molecule has 0 aromatic carbocycles. The number of hydrogen-bond acceptors (Lipinski definition) is 12. The molecule has 2 aliphatic rings. The molecule has 248 valence electrons. The highest BCUT2D eigenvalue weighted by Crippen LogP contribution is 2.30. The molecule has 0 aromatic rings. The largest absolute Gasteiger partial charge is 0.481 e. The van der Waals surface area contributed by atoms with E-state index in [2.05, 4.69) is 12.2 Å². The molecule has 11 atom stereocenters. The summed E-state index contributed by atoms with van der Waals surface area (Å²) in [7, 11) is 0. The Balaban J connectivity index is 1.80. The van der Waals surface area contributed by atoms with Crippen molar-refractivity contribution < 1.29 is 64.6 Å². The molecular formula is C30H50O13. The Labute approximate surface area is 252 Å². The van der Waals surface area contributed by atoms with E-state index in [-0.39, 0.29) is 6.42 Å². The van der Waals surface area contributed by atoms with Gasteiger partial charge in [-0.1, -0.05) is 55.7 Å². The van der Waals surface area contributed by atoms with Crippen LogP contribution in [0, 0.1) is 0 Å². The highest BCUT2D eigenvalue weighted by atomic mass is 16.8. The molecule has 0 aliphatic carbocycles. The molecule has 2 heterocycles. The van der Waals surface area contributed by atoms with E-state index in [4.69, 9.17) is 24.1 Å². The van der Waals surface area contributed by atoms with Crippen molar-refractivity contribution in [2.45, 2.75) is 132 Å². The Bertz CT molecular complexity index is 863. The Morgan fingerprint density at radius 2 is 1.28 bits per heavy atom. The average molecular weight is 619 g/mol. The van der Waals surface area contributed by atoms with Crippen LogP contribution in [0.25, 0.3) is 0 Å². The fraction of sp³-hybridized carbons (Fsp3) is 0.767. The molecule has 2 fully saturated rings. The molecule has 2 rings (SSSR count). The van der Waals surface area contributed by atoms with E-state index >= 15 is 0 Å². The van der Waals surface area contributed by atoms with E-state index in [0.717, 1.165) is 44.9 Å². The lowest BCUT2D eigenvalue weighted by Crippen LogP contribution is -2.64. The van der Waals surface area contributed by atoms with E-state index in [0.29, 0.717) is 6.42 Å². The number of hydrogen-bond donors (Lipinski definition) is 8. The van der Waals surface area contributed by atoms with Gasteiger partial charge in [-0.25, -0.2) is 0 Å². The first-order valence-electron chi connectivity index (χ1n) is 15.0. The zero-order valence-corrected chi connectivity index (χ0v) is 24.7. The maximum absolute atomic E-state index is 10.7. The molecule has 13 heteroatoms. The lowest BCUT2D eigenvalue weighted by Gasteiger charge is -2.46. The predicted octanol–water partition coefficient (Wildman–Crippen LogP) is 0.280. The highest BCUT2D eigenvalue weighted by Gasteiger charge is 2.51. The summed E-state index contributed by atoms with van der Waals surface area (Å²) in [5.41, 5.74) is 0. The maximum atomic E-state index is 10.7. The first-order chi connectivity index (χ1) is 20.6. The Morgan fingerprint density at radius 1 is 0.721 bits per heavy atom. The van der Waals surface area contributed by atoms with Crippen LogP contribution in [-0.4, -0.2) is 128 Å². The van der Waals surface area contributed by atoms with Gasteiger partial charge in [-0.3, -0.25) is 4.79 Å². The molecule has 2 aliphatic heterocycles. The van der Waals surface area contributed by atoms with Crippen LogP contribution in [0.15, 0.2) is 36.5 Å². The molecule has 0 spiro atoms. The van der Waals surface area contributed by atoms with Gasteiger partial charge in [0.1, 0.15) is 48.8 Å². The van der Waals surface area contributed by atoms with Gasteiger partial charge in [-0.05, 0) is 39.0 Å². The number of ether oxygens (including phenoxy) is 4. The van der Waals surface area contributed by atoms with Gasteiger partial charge < -0.3 is 59.8 Å². The predicted molar refractivity (Wildman–Crippen MR) is 154 cm³/mol. The molecule has 0 bridgehead atoms. The lowest BCUT2D eigenvalue weighted by molar-refractivity contribution is -0.369. The number of carboxylic acid groups (broad SMARTS) is 1. The zero-order valence-electron chi connectivity index (χ0n) is 24.7. The summed E-state index contributed by atoms with van der Waals surface area (Å²) in [6, 6.07) is 0. The van der Waals surface area contributed by atoms with Crippen LogP contribution in [0.3, 0.4) is 0 Å². The molecule has 0 unspecified atom stereocenters. The molecule has 2 saturated heterocycles.